The molecule has 2 aliphatic carbocycles. The lowest BCUT2D eigenvalue weighted by molar-refractivity contribution is -0.0860. The first-order valence-electron chi connectivity index (χ1n) is 8.32. The molecule has 0 amide bonds. The van der Waals surface area contributed by atoms with Crippen molar-refractivity contribution in [2.45, 2.75) is 94.5 Å². The SMILES string of the molecule is NC1CCCCCC1OCC1CCC2(CCCC2)O1. The Morgan fingerprint density at radius 2 is 1.74 bits per heavy atom. The van der Waals surface area contributed by atoms with Gasteiger partial charge in [-0.2, -0.15) is 0 Å². The van der Waals surface area contributed by atoms with E-state index in [9.17, 15) is 0 Å². The molecule has 3 rings (SSSR count). The summed E-state index contributed by atoms with van der Waals surface area (Å²) in [6, 6.07) is 0.240. The van der Waals surface area contributed by atoms with E-state index in [4.69, 9.17) is 15.2 Å². The molecule has 1 saturated heterocycles. The van der Waals surface area contributed by atoms with Crippen molar-refractivity contribution in [1.82, 2.24) is 0 Å². The van der Waals surface area contributed by atoms with E-state index in [0.29, 0.717) is 6.10 Å². The average molecular weight is 267 g/mol. The van der Waals surface area contributed by atoms with Gasteiger partial charge in [-0.15, -0.1) is 0 Å². The third-order valence-electron chi connectivity index (χ3n) is 5.35. The van der Waals surface area contributed by atoms with Gasteiger partial charge < -0.3 is 15.2 Å². The predicted molar refractivity (Wildman–Crippen MR) is 76.1 cm³/mol. The number of hydrogen-bond donors (Lipinski definition) is 1. The maximum absolute atomic E-state index is 6.30. The zero-order valence-electron chi connectivity index (χ0n) is 12.1. The van der Waals surface area contributed by atoms with E-state index >= 15 is 0 Å². The highest BCUT2D eigenvalue weighted by Gasteiger charge is 2.42. The summed E-state index contributed by atoms with van der Waals surface area (Å²) < 4.78 is 12.4. The summed E-state index contributed by atoms with van der Waals surface area (Å²) in [6.07, 6.45) is 14.4. The molecule has 1 heterocycles. The summed E-state index contributed by atoms with van der Waals surface area (Å²) in [5.74, 6) is 0. The van der Waals surface area contributed by atoms with Crippen LogP contribution in [0.25, 0.3) is 0 Å². The molecule has 3 nitrogen and oxygen atoms in total. The fraction of sp³-hybridized carbons (Fsp3) is 1.00. The van der Waals surface area contributed by atoms with Crippen molar-refractivity contribution in [3.05, 3.63) is 0 Å². The molecule has 2 saturated carbocycles. The molecule has 1 aliphatic heterocycles. The van der Waals surface area contributed by atoms with Gasteiger partial charge in [0.05, 0.1) is 24.4 Å². The summed E-state index contributed by atoms with van der Waals surface area (Å²) in [5, 5.41) is 0. The van der Waals surface area contributed by atoms with Crippen molar-refractivity contribution in [3.63, 3.8) is 0 Å². The van der Waals surface area contributed by atoms with Crippen molar-refractivity contribution in [1.29, 1.82) is 0 Å². The quantitative estimate of drug-likeness (QED) is 0.799. The van der Waals surface area contributed by atoms with Gasteiger partial charge in [-0.25, -0.2) is 0 Å². The van der Waals surface area contributed by atoms with Gasteiger partial charge in [-0.1, -0.05) is 32.1 Å². The highest BCUT2D eigenvalue weighted by molar-refractivity contribution is 4.93. The smallest absolute Gasteiger partial charge is 0.0817 e. The Kier molecular flexibility index (Phi) is 4.45. The molecule has 3 atom stereocenters. The third-order valence-corrected chi connectivity index (χ3v) is 5.35. The van der Waals surface area contributed by atoms with E-state index in [2.05, 4.69) is 0 Å². The van der Waals surface area contributed by atoms with Gasteiger partial charge in [0.1, 0.15) is 0 Å². The van der Waals surface area contributed by atoms with E-state index in [1.165, 1.54) is 57.8 Å². The Morgan fingerprint density at radius 3 is 2.58 bits per heavy atom. The fourth-order valence-corrected chi connectivity index (χ4v) is 4.14. The summed E-state index contributed by atoms with van der Waals surface area (Å²) in [6.45, 7) is 0.764. The second kappa shape index (κ2) is 6.11. The highest BCUT2D eigenvalue weighted by Crippen LogP contribution is 2.43. The number of nitrogens with two attached hydrogens (primary N) is 1. The van der Waals surface area contributed by atoms with Crippen LogP contribution in [0.4, 0.5) is 0 Å². The van der Waals surface area contributed by atoms with Gasteiger partial charge in [-0.3, -0.25) is 0 Å². The van der Waals surface area contributed by atoms with Crippen molar-refractivity contribution in [2.75, 3.05) is 6.61 Å². The molecule has 3 aliphatic rings. The normalized spacial score (nSPS) is 38.7. The molecule has 19 heavy (non-hydrogen) atoms. The van der Waals surface area contributed by atoms with Gasteiger partial charge in [0, 0.05) is 6.04 Å². The summed E-state index contributed by atoms with van der Waals surface area (Å²) >= 11 is 0. The fourth-order valence-electron chi connectivity index (χ4n) is 4.14. The Hall–Kier alpha value is -0.120. The van der Waals surface area contributed by atoms with Crippen molar-refractivity contribution < 1.29 is 9.47 Å². The molecule has 2 N–H and O–H groups in total. The summed E-state index contributed by atoms with van der Waals surface area (Å²) in [5.41, 5.74) is 6.45. The van der Waals surface area contributed by atoms with Crippen molar-refractivity contribution in [2.24, 2.45) is 5.73 Å². The monoisotopic (exact) mass is 267 g/mol. The second-order valence-corrected chi connectivity index (χ2v) is 6.84. The Balaban J connectivity index is 1.44. The minimum atomic E-state index is 0.236. The van der Waals surface area contributed by atoms with Crippen LogP contribution >= 0.6 is 0 Å². The molecular weight excluding hydrogens is 238 g/mol. The van der Waals surface area contributed by atoms with Gasteiger partial charge in [-0.05, 0) is 38.5 Å². The lowest BCUT2D eigenvalue weighted by Crippen LogP contribution is -2.37. The number of hydrogen-bond acceptors (Lipinski definition) is 3. The van der Waals surface area contributed by atoms with Crippen LogP contribution in [0.15, 0.2) is 0 Å². The molecular formula is C16H29NO2. The molecule has 3 unspecified atom stereocenters. The van der Waals surface area contributed by atoms with Crippen LogP contribution in [-0.4, -0.2) is 30.5 Å². The van der Waals surface area contributed by atoms with E-state index in [1.54, 1.807) is 0 Å². The Bertz CT molecular complexity index is 288. The van der Waals surface area contributed by atoms with Crippen LogP contribution in [0.3, 0.4) is 0 Å². The topological polar surface area (TPSA) is 44.5 Å². The van der Waals surface area contributed by atoms with Crippen LogP contribution in [0, 0.1) is 0 Å². The molecule has 0 radical (unpaired) electrons. The van der Waals surface area contributed by atoms with Crippen molar-refractivity contribution >= 4 is 0 Å². The number of ether oxygens (including phenoxy) is 2. The van der Waals surface area contributed by atoms with Gasteiger partial charge in [0.2, 0.25) is 0 Å². The first kappa shape index (κ1) is 13.8. The maximum Gasteiger partial charge on any atom is 0.0817 e. The minimum absolute atomic E-state index is 0.236. The Labute approximate surface area is 117 Å². The van der Waals surface area contributed by atoms with Gasteiger partial charge >= 0.3 is 0 Å². The number of rotatable bonds is 3. The molecule has 3 heteroatoms. The van der Waals surface area contributed by atoms with Crippen LogP contribution in [0.5, 0.6) is 0 Å². The maximum atomic E-state index is 6.30. The first-order chi connectivity index (χ1) is 9.27. The third kappa shape index (κ3) is 3.32. The largest absolute Gasteiger partial charge is 0.374 e. The standard InChI is InChI=1S/C16H29NO2/c17-14-6-2-1-3-7-15(14)18-12-13-8-11-16(19-13)9-4-5-10-16/h13-15H,1-12,17H2. The van der Waals surface area contributed by atoms with E-state index in [-0.39, 0.29) is 17.7 Å². The minimum Gasteiger partial charge on any atom is -0.374 e. The second-order valence-electron chi connectivity index (χ2n) is 6.84. The molecule has 0 bridgehead atoms. The van der Waals surface area contributed by atoms with Crippen LogP contribution in [0.1, 0.15) is 70.6 Å². The van der Waals surface area contributed by atoms with E-state index < -0.39 is 0 Å². The molecule has 0 aromatic rings. The van der Waals surface area contributed by atoms with Crippen LogP contribution in [0.2, 0.25) is 0 Å². The van der Waals surface area contributed by atoms with E-state index in [1.807, 2.05) is 0 Å². The first-order valence-corrected chi connectivity index (χ1v) is 8.32. The summed E-state index contributed by atoms with van der Waals surface area (Å²) in [4.78, 5) is 0. The van der Waals surface area contributed by atoms with Crippen LogP contribution in [-0.2, 0) is 9.47 Å². The zero-order chi connectivity index (χ0) is 13.1. The Morgan fingerprint density at radius 1 is 0.947 bits per heavy atom. The zero-order valence-corrected chi connectivity index (χ0v) is 12.1. The molecule has 0 aromatic heterocycles. The average Bonchev–Trinajstić information content (AvgIpc) is 2.98. The van der Waals surface area contributed by atoms with Crippen LogP contribution < -0.4 is 5.73 Å². The molecule has 0 aromatic carbocycles. The summed E-state index contributed by atoms with van der Waals surface area (Å²) in [7, 11) is 0. The molecule has 3 fully saturated rings. The molecule has 110 valence electrons. The van der Waals surface area contributed by atoms with Gasteiger partial charge in [0.15, 0.2) is 0 Å². The van der Waals surface area contributed by atoms with Crippen molar-refractivity contribution in [3.8, 4) is 0 Å². The molecule has 1 spiro atoms. The lowest BCUT2D eigenvalue weighted by Gasteiger charge is -2.26. The van der Waals surface area contributed by atoms with Gasteiger partial charge in [0.25, 0.3) is 0 Å². The highest BCUT2D eigenvalue weighted by atomic mass is 16.6. The lowest BCUT2D eigenvalue weighted by atomic mass is 9.98. The predicted octanol–water partition coefficient (Wildman–Crippen LogP) is 3.15. The van der Waals surface area contributed by atoms with E-state index in [0.717, 1.165) is 19.4 Å².